The van der Waals surface area contributed by atoms with Gasteiger partial charge in [-0.25, -0.2) is 4.39 Å². The van der Waals surface area contributed by atoms with E-state index < -0.39 is 0 Å². The molecule has 2 N–H and O–H groups in total. The molecule has 3 heteroatoms. The smallest absolute Gasteiger partial charge is 0.128 e. The molecular weight excluding hydrogens is 241 g/mol. The molecule has 1 aliphatic carbocycles. The Morgan fingerprint density at radius 2 is 2.00 bits per heavy atom. The number of halogens is 1. The van der Waals surface area contributed by atoms with E-state index in [-0.39, 0.29) is 17.5 Å². The molecular formula is C16H24FNO. The van der Waals surface area contributed by atoms with Crippen LogP contribution < -0.4 is 5.73 Å². The van der Waals surface area contributed by atoms with Crippen molar-refractivity contribution in [2.24, 2.45) is 5.73 Å². The van der Waals surface area contributed by atoms with Crippen LogP contribution in [0.15, 0.2) is 18.2 Å². The third-order valence-electron chi connectivity index (χ3n) is 4.19. The fourth-order valence-electron chi connectivity index (χ4n) is 3.17. The van der Waals surface area contributed by atoms with Crippen molar-refractivity contribution in [1.82, 2.24) is 0 Å². The van der Waals surface area contributed by atoms with Crippen LogP contribution in [0.5, 0.6) is 0 Å². The van der Waals surface area contributed by atoms with Gasteiger partial charge in [0.25, 0.3) is 0 Å². The van der Waals surface area contributed by atoms with E-state index in [0.29, 0.717) is 12.2 Å². The van der Waals surface area contributed by atoms with E-state index in [9.17, 15) is 4.39 Å². The Hall–Kier alpha value is -0.930. The lowest BCUT2D eigenvalue weighted by molar-refractivity contribution is -0.0836. The van der Waals surface area contributed by atoms with Crippen molar-refractivity contribution in [3.63, 3.8) is 0 Å². The van der Waals surface area contributed by atoms with Crippen LogP contribution in [-0.2, 0) is 4.74 Å². The first-order valence-corrected chi connectivity index (χ1v) is 7.24. The molecule has 1 fully saturated rings. The number of nitrogens with two attached hydrogens (primary N) is 1. The molecule has 1 saturated carbocycles. The topological polar surface area (TPSA) is 35.2 Å². The highest BCUT2D eigenvalue weighted by Crippen LogP contribution is 2.41. The quantitative estimate of drug-likeness (QED) is 0.896. The lowest BCUT2D eigenvalue weighted by Crippen LogP contribution is -2.45. The van der Waals surface area contributed by atoms with E-state index in [4.69, 9.17) is 10.5 Å². The second-order valence-corrected chi connectivity index (χ2v) is 5.56. The second kappa shape index (κ2) is 6.02. The van der Waals surface area contributed by atoms with Crippen molar-refractivity contribution in [1.29, 1.82) is 0 Å². The molecule has 2 nitrogen and oxygen atoms in total. The molecule has 0 heterocycles. The maximum Gasteiger partial charge on any atom is 0.128 e. The molecule has 0 saturated heterocycles. The number of ether oxygens (including phenoxy) is 1. The van der Waals surface area contributed by atoms with Crippen molar-refractivity contribution in [3.8, 4) is 0 Å². The standard InChI is InChI=1S/C16H24FNO/c1-3-19-16(9-5-4-6-10-16)15(18)13-11-12(2)7-8-14(13)17/h7-8,11,15H,3-6,9-10,18H2,1-2H3. The Labute approximate surface area is 115 Å². The predicted molar refractivity (Wildman–Crippen MR) is 75.5 cm³/mol. The van der Waals surface area contributed by atoms with E-state index in [1.165, 1.54) is 12.5 Å². The highest BCUT2D eigenvalue weighted by Gasteiger charge is 2.40. The Kier molecular flexibility index (Phi) is 4.58. The summed E-state index contributed by atoms with van der Waals surface area (Å²) in [7, 11) is 0. The zero-order chi connectivity index (χ0) is 13.9. The van der Waals surface area contributed by atoms with Gasteiger partial charge in [0.05, 0.1) is 11.6 Å². The summed E-state index contributed by atoms with van der Waals surface area (Å²) < 4.78 is 20.0. The predicted octanol–water partition coefficient (Wildman–Crippen LogP) is 3.87. The van der Waals surface area contributed by atoms with Crippen molar-refractivity contribution < 1.29 is 9.13 Å². The number of aryl methyl sites for hydroxylation is 1. The average Bonchev–Trinajstić information content (AvgIpc) is 2.42. The summed E-state index contributed by atoms with van der Waals surface area (Å²) in [5, 5.41) is 0. The summed E-state index contributed by atoms with van der Waals surface area (Å²) in [4.78, 5) is 0. The Balaban J connectivity index is 2.32. The van der Waals surface area contributed by atoms with E-state index in [1.807, 2.05) is 19.9 Å². The van der Waals surface area contributed by atoms with Crippen LogP contribution in [0.2, 0.25) is 0 Å². The third-order valence-corrected chi connectivity index (χ3v) is 4.19. The monoisotopic (exact) mass is 265 g/mol. The minimum atomic E-state index is -0.387. The lowest BCUT2D eigenvalue weighted by atomic mass is 9.76. The molecule has 0 spiro atoms. The maximum absolute atomic E-state index is 14.0. The van der Waals surface area contributed by atoms with Gasteiger partial charge in [-0.3, -0.25) is 0 Å². The highest BCUT2D eigenvalue weighted by molar-refractivity contribution is 5.29. The van der Waals surface area contributed by atoms with Gasteiger partial charge in [-0.05, 0) is 32.8 Å². The Morgan fingerprint density at radius 3 is 2.63 bits per heavy atom. The molecule has 0 amide bonds. The van der Waals surface area contributed by atoms with Crippen LogP contribution in [0.4, 0.5) is 4.39 Å². The van der Waals surface area contributed by atoms with Gasteiger partial charge >= 0.3 is 0 Å². The van der Waals surface area contributed by atoms with Crippen LogP contribution in [0.25, 0.3) is 0 Å². The molecule has 19 heavy (non-hydrogen) atoms. The third kappa shape index (κ3) is 2.98. The minimum absolute atomic E-state index is 0.220. The highest BCUT2D eigenvalue weighted by atomic mass is 19.1. The summed E-state index contributed by atoms with van der Waals surface area (Å²) in [6.07, 6.45) is 5.30. The van der Waals surface area contributed by atoms with E-state index in [2.05, 4.69) is 0 Å². The van der Waals surface area contributed by atoms with Gasteiger partial charge in [0, 0.05) is 12.2 Å². The van der Waals surface area contributed by atoms with Crippen molar-refractivity contribution >= 4 is 0 Å². The van der Waals surface area contributed by atoms with Crippen LogP contribution in [0, 0.1) is 12.7 Å². The molecule has 1 aromatic rings. The summed E-state index contributed by atoms with van der Waals surface area (Å²) in [6, 6.07) is 4.76. The number of rotatable bonds is 4. The number of hydrogen-bond acceptors (Lipinski definition) is 2. The molecule has 1 unspecified atom stereocenters. The summed E-state index contributed by atoms with van der Waals surface area (Å²) in [5.74, 6) is -0.220. The lowest BCUT2D eigenvalue weighted by Gasteiger charge is -2.42. The van der Waals surface area contributed by atoms with E-state index >= 15 is 0 Å². The van der Waals surface area contributed by atoms with E-state index in [1.54, 1.807) is 6.07 Å². The first-order valence-electron chi connectivity index (χ1n) is 7.24. The van der Waals surface area contributed by atoms with Gasteiger partial charge in [0.2, 0.25) is 0 Å². The zero-order valence-corrected chi connectivity index (χ0v) is 11.9. The van der Waals surface area contributed by atoms with Crippen LogP contribution in [0.3, 0.4) is 0 Å². The fourth-order valence-corrected chi connectivity index (χ4v) is 3.17. The van der Waals surface area contributed by atoms with Crippen molar-refractivity contribution in [2.75, 3.05) is 6.61 Å². The van der Waals surface area contributed by atoms with Crippen molar-refractivity contribution in [2.45, 2.75) is 57.6 Å². The van der Waals surface area contributed by atoms with Crippen LogP contribution in [-0.4, -0.2) is 12.2 Å². The van der Waals surface area contributed by atoms with Crippen LogP contribution in [0.1, 0.15) is 56.2 Å². The largest absolute Gasteiger partial charge is 0.373 e. The zero-order valence-electron chi connectivity index (χ0n) is 11.9. The molecule has 106 valence electrons. The molecule has 1 atom stereocenters. The summed E-state index contributed by atoms with van der Waals surface area (Å²) in [6.45, 7) is 4.57. The van der Waals surface area contributed by atoms with Gasteiger partial charge < -0.3 is 10.5 Å². The molecule has 2 rings (SSSR count). The minimum Gasteiger partial charge on any atom is -0.373 e. The average molecular weight is 265 g/mol. The normalized spacial score (nSPS) is 20.2. The van der Waals surface area contributed by atoms with Gasteiger partial charge in [-0.1, -0.05) is 37.0 Å². The SMILES string of the molecule is CCOC1(C(N)c2cc(C)ccc2F)CCCCC1. The molecule has 1 aromatic carbocycles. The molecule has 0 radical (unpaired) electrons. The summed E-state index contributed by atoms with van der Waals surface area (Å²) in [5.41, 5.74) is 7.64. The summed E-state index contributed by atoms with van der Waals surface area (Å²) >= 11 is 0. The molecule has 0 aromatic heterocycles. The molecule has 0 aliphatic heterocycles. The molecule has 1 aliphatic rings. The van der Waals surface area contributed by atoms with Gasteiger partial charge in [-0.15, -0.1) is 0 Å². The number of benzene rings is 1. The fraction of sp³-hybridized carbons (Fsp3) is 0.625. The first kappa shape index (κ1) is 14.5. The maximum atomic E-state index is 14.0. The van der Waals surface area contributed by atoms with Gasteiger partial charge in [0.15, 0.2) is 0 Å². The van der Waals surface area contributed by atoms with Crippen LogP contribution >= 0.6 is 0 Å². The number of hydrogen-bond donors (Lipinski definition) is 1. The Morgan fingerprint density at radius 1 is 1.32 bits per heavy atom. The van der Waals surface area contributed by atoms with Crippen molar-refractivity contribution in [3.05, 3.63) is 35.1 Å². The van der Waals surface area contributed by atoms with E-state index in [0.717, 1.165) is 31.2 Å². The van der Waals surface area contributed by atoms with Gasteiger partial charge in [0.1, 0.15) is 5.82 Å². The first-order chi connectivity index (χ1) is 9.09. The second-order valence-electron chi connectivity index (χ2n) is 5.56. The Bertz CT molecular complexity index is 421. The molecule has 0 bridgehead atoms. The van der Waals surface area contributed by atoms with Gasteiger partial charge in [-0.2, -0.15) is 0 Å².